The molecule has 3 aromatic rings. The fourth-order valence-electron chi connectivity index (χ4n) is 3.90. The summed E-state index contributed by atoms with van der Waals surface area (Å²) < 4.78 is 34.4. The lowest BCUT2D eigenvalue weighted by Gasteiger charge is -2.29. The zero-order valence-electron chi connectivity index (χ0n) is 17.9. The number of hydrogen-bond donors (Lipinski definition) is 3. The van der Waals surface area contributed by atoms with E-state index in [1.807, 2.05) is 6.07 Å². The summed E-state index contributed by atoms with van der Waals surface area (Å²) >= 11 is 5.90. The maximum Gasteiger partial charge on any atom is 0.231 e. The number of nitrogens with two attached hydrogens (primary N) is 2. The van der Waals surface area contributed by atoms with E-state index in [0.717, 1.165) is 6.07 Å². The van der Waals surface area contributed by atoms with Gasteiger partial charge in [0.25, 0.3) is 0 Å². The minimum absolute atomic E-state index is 0.0448. The quantitative estimate of drug-likeness (QED) is 0.476. The number of fused-ring (bicyclic) bond motifs is 1. The van der Waals surface area contributed by atoms with Crippen molar-refractivity contribution in [2.24, 2.45) is 11.5 Å². The van der Waals surface area contributed by atoms with Gasteiger partial charge in [-0.15, -0.1) is 0 Å². The number of ether oxygens (including phenoxy) is 1. The van der Waals surface area contributed by atoms with Gasteiger partial charge in [-0.25, -0.2) is 13.8 Å². The van der Waals surface area contributed by atoms with Crippen molar-refractivity contribution in [3.05, 3.63) is 81.5 Å². The average Bonchev–Trinajstić information content (AvgIpc) is 3.18. The third-order valence-corrected chi connectivity index (χ3v) is 6.36. The van der Waals surface area contributed by atoms with Crippen molar-refractivity contribution in [2.45, 2.75) is 17.9 Å². The van der Waals surface area contributed by atoms with Crippen LogP contribution in [0.1, 0.15) is 29.3 Å². The number of nitrogens with zero attached hydrogens (tertiary/aromatic N) is 2. The first-order chi connectivity index (χ1) is 16.0. The number of hydrogen-bond acceptors (Lipinski definition) is 6. The number of rotatable bonds is 5. The Morgan fingerprint density at radius 3 is 2.71 bits per heavy atom. The summed E-state index contributed by atoms with van der Waals surface area (Å²) in [4.78, 5) is 16.8. The predicted octanol–water partition coefficient (Wildman–Crippen LogP) is 2.88. The molecule has 1 aliphatic heterocycles. The molecule has 0 saturated carbocycles. The topological polar surface area (TPSA) is 135 Å². The molecule has 0 spiro atoms. The molecule has 5 N–H and O–H groups in total. The first-order valence-corrected chi connectivity index (χ1v) is 10.5. The van der Waals surface area contributed by atoms with Crippen LogP contribution in [-0.4, -0.2) is 29.1 Å². The molecule has 1 aromatic heterocycles. The van der Waals surface area contributed by atoms with Crippen LogP contribution in [0.25, 0.3) is 11.3 Å². The molecule has 2 atom stereocenters. The lowest BCUT2D eigenvalue weighted by atomic mass is 9.80. The Morgan fingerprint density at radius 1 is 1.32 bits per heavy atom. The predicted molar refractivity (Wildman–Crippen MR) is 120 cm³/mol. The van der Waals surface area contributed by atoms with Crippen LogP contribution < -0.4 is 16.2 Å². The van der Waals surface area contributed by atoms with Gasteiger partial charge in [0.05, 0.1) is 22.3 Å². The SMILES string of the molecule is C[C@]1(C(N)=O)COc2c1cc([C@@](O)(CN)c1cccc(C#N)c1)nc2-c1cc(Cl)c(F)cc1F. The van der Waals surface area contributed by atoms with E-state index in [4.69, 9.17) is 27.8 Å². The van der Waals surface area contributed by atoms with E-state index in [0.29, 0.717) is 6.07 Å². The van der Waals surface area contributed by atoms with Gasteiger partial charge in [0, 0.05) is 23.7 Å². The van der Waals surface area contributed by atoms with E-state index >= 15 is 0 Å². The molecule has 0 radical (unpaired) electrons. The third kappa shape index (κ3) is 3.56. The Kier molecular flexibility index (Phi) is 5.77. The fraction of sp³-hybridized carbons (Fsp3) is 0.208. The lowest BCUT2D eigenvalue weighted by molar-refractivity contribution is -0.123. The highest BCUT2D eigenvalue weighted by molar-refractivity contribution is 6.31. The van der Waals surface area contributed by atoms with Gasteiger partial charge < -0.3 is 21.3 Å². The molecular weight excluding hydrogens is 466 g/mol. The standard InChI is InChI=1S/C24H19ClF2N4O3/c1-23(22(30)32)11-34-21-15(23)7-19(24(33,10-29)13-4-2-3-12(5-13)9-28)31-20(21)14-6-16(25)18(27)8-17(14)26/h2-8,33H,10-11,29H2,1H3,(H2,30,32)/t23-,24+/m0/s1. The van der Waals surface area contributed by atoms with Crippen LogP contribution in [-0.2, 0) is 15.8 Å². The Balaban J connectivity index is 2.06. The van der Waals surface area contributed by atoms with Crippen molar-refractivity contribution in [1.29, 1.82) is 5.26 Å². The lowest BCUT2D eigenvalue weighted by Crippen LogP contribution is -2.41. The van der Waals surface area contributed by atoms with Crippen molar-refractivity contribution in [1.82, 2.24) is 4.98 Å². The largest absolute Gasteiger partial charge is 0.489 e. The van der Waals surface area contributed by atoms with Gasteiger partial charge in [-0.2, -0.15) is 5.26 Å². The van der Waals surface area contributed by atoms with E-state index in [-0.39, 0.29) is 57.6 Å². The van der Waals surface area contributed by atoms with Crippen LogP contribution in [0.5, 0.6) is 5.75 Å². The summed E-state index contributed by atoms with van der Waals surface area (Å²) in [5.41, 5.74) is 8.76. The van der Waals surface area contributed by atoms with Gasteiger partial charge in [0.15, 0.2) is 0 Å². The Hall–Kier alpha value is -3.58. The van der Waals surface area contributed by atoms with Crippen molar-refractivity contribution >= 4 is 17.5 Å². The summed E-state index contributed by atoms with van der Waals surface area (Å²) in [7, 11) is 0. The molecule has 10 heteroatoms. The van der Waals surface area contributed by atoms with Gasteiger partial charge in [-0.1, -0.05) is 23.7 Å². The maximum atomic E-state index is 14.9. The first kappa shape index (κ1) is 23.6. The van der Waals surface area contributed by atoms with E-state index in [2.05, 4.69) is 4.98 Å². The number of aliphatic hydroxyl groups is 1. The molecule has 34 heavy (non-hydrogen) atoms. The zero-order chi connectivity index (χ0) is 24.8. The number of aromatic nitrogens is 1. The fourth-order valence-corrected chi connectivity index (χ4v) is 4.07. The van der Waals surface area contributed by atoms with Crippen LogP contribution in [0, 0.1) is 23.0 Å². The monoisotopic (exact) mass is 484 g/mol. The smallest absolute Gasteiger partial charge is 0.231 e. The number of amides is 1. The maximum absolute atomic E-state index is 14.9. The second kappa shape index (κ2) is 8.33. The van der Waals surface area contributed by atoms with Gasteiger partial charge >= 0.3 is 0 Å². The van der Waals surface area contributed by atoms with Crippen molar-refractivity contribution < 1.29 is 23.4 Å². The number of primary amides is 1. The molecule has 0 bridgehead atoms. The van der Waals surface area contributed by atoms with Crippen molar-refractivity contribution in [2.75, 3.05) is 13.2 Å². The van der Waals surface area contributed by atoms with Gasteiger partial charge in [-0.05, 0) is 36.8 Å². The summed E-state index contributed by atoms with van der Waals surface area (Å²) in [5, 5.41) is 20.5. The first-order valence-electron chi connectivity index (χ1n) is 10.1. The number of carbonyl (C=O) groups is 1. The number of pyridine rings is 1. The van der Waals surface area contributed by atoms with Gasteiger partial charge in [0.2, 0.25) is 5.91 Å². The normalized spacial score (nSPS) is 18.5. The Bertz CT molecular complexity index is 1380. The van der Waals surface area contributed by atoms with Crippen LogP contribution in [0.3, 0.4) is 0 Å². The number of benzene rings is 2. The number of nitriles is 1. The molecule has 0 saturated heterocycles. The number of halogens is 3. The van der Waals surface area contributed by atoms with Gasteiger partial charge in [-0.3, -0.25) is 4.79 Å². The highest BCUT2D eigenvalue weighted by Crippen LogP contribution is 2.47. The molecule has 0 aliphatic carbocycles. The molecule has 0 fully saturated rings. The zero-order valence-corrected chi connectivity index (χ0v) is 18.7. The minimum Gasteiger partial charge on any atom is -0.489 e. The molecule has 1 amide bonds. The second-order valence-electron chi connectivity index (χ2n) is 8.22. The van der Waals surface area contributed by atoms with Crippen LogP contribution in [0.15, 0.2) is 42.5 Å². The number of carbonyl (C=O) groups excluding carboxylic acids is 1. The average molecular weight is 485 g/mol. The molecule has 4 rings (SSSR count). The summed E-state index contributed by atoms with van der Waals surface area (Å²) in [6, 6.07) is 11.2. The highest BCUT2D eigenvalue weighted by atomic mass is 35.5. The van der Waals surface area contributed by atoms with Crippen LogP contribution >= 0.6 is 11.6 Å². The Morgan fingerprint density at radius 2 is 2.06 bits per heavy atom. The molecule has 2 aromatic carbocycles. The molecular formula is C24H19ClF2N4O3. The summed E-state index contributed by atoms with van der Waals surface area (Å²) in [6.45, 7) is 1.02. The van der Waals surface area contributed by atoms with Crippen LogP contribution in [0.4, 0.5) is 8.78 Å². The summed E-state index contributed by atoms with van der Waals surface area (Å²) in [6.07, 6.45) is 0. The van der Waals surface area contributed by atoms with E-state index in [1.165, 1.54) is 12.1 Å². The third-order valence-electron chi connectivity index (χ3n) is 6.07. The van der Waals surface area contributed by atoms with Crippen LogP contribution in [0.2, 0.25) is 5.02 Å². The highest BCUT2D eigenvalue weighted by Gasteiger charge is 2.46. The van der Waals surface area contributed by atoms with Crippen molar-refractivity contribution in [3.8, 4) is 23.1 Å². The molecule has 2 heterocycles. The van der Waals surface area contributed by atoms with Crippen molar-refractivity contribution in [3.63, 3.8) is 0 Å². The minimum atomic E-state index is -1.93. The van der Waals surface area contributed by atoms with E-state index < -0.39 is 28.6 Å². The summed E-state index contributed by atoms with van der Waals surface area (Å²) in [5.74, 6) is -2.61. The molecule has 1 aliphatic rings. The second-order valence-corrected chi connectivity index (χ2v) is 8.63. The molecule has 0 unspecified atom stereocenters. The Labute approximate surface area is 198 Å². The molecule has 7 nitrogen and oxygen atoms in total. The molecule has 174 valence electrons. The van der Waals surface area contributed by atoms with E-state index in [1.54, 1.807) is 25.1 Å². The van der Waals surface area contributed by atoms with Gasteiger partial charge in [0.1, 0.15) is 40.7 Å². The van der Waals surface area contributed by atoms with E-state index in [9.17, 15) is 23.9 Å².